The number of benzene rings is 1. The maximum Gasteiger partial charge on any atom is 0.272 e. The van der Waals surface area contributed by atoms with Gasteiger partial charge in [0.15, 0.2) is 0 Å². The summed E-state index contributed by atoms with van der Waals surface area (Å²) in [6, 6.07) is 7.39. The monoisotopic (exact) mass is 215 g/mol. The number of carbonyl (C=O) groups excluding carboxylic acids is 1. The molecule has 4 nitrogen and oxygen atoms in total. The smallest absolute Gasteiger partial charge is 0.267 e. The molecule has 82 valence electrons. The zero-order valence-corrected chi connectivity index (χ0v) is 9.29. The largest absolute Gasteiger partial charge is 0.272 e. The number of allylic oxidation sites excluding steroid dienone is 2. The van der Waals surface area contributed by atoms with Crippen LogP contribution in [0.2, 0.25) is 0 Å². The van der Waals surface area contributed by atoms with Crippen LogP contribution in [0.3, 0.4) is 0 Å². The van der Waals surface area contributed by atoms with Crippen molar-refractivity contribution in [3.8, 4) is 0 Å². The van der Waals surface area contributed by atoms with Crippen LogP contribution in [0, 0.1) is 5.92 Å². The molecule has 2 rings (SSSR count). The number of aromatic nitrogens is 3. The van der Waals surface area contributed by atoms with Gasteiger partial charge < -0.3 is 0 Å². The molecule has 0 spiro atoms. The number of para-hydroxylation sites is 1. The summed E-state index contributed by atoms with van der Waals surface area (Å²) in [4.78, 5) is 11.8. The fourth-order valence-electron chi connectivity index (χ4n) is 1.38. The molecule has 0 fully saturated rings. The van der Waals surface area contributed by atoms with E-state index in [4.69, 9.17) is 0 Å². The number of rotatable bonds is 2. The van der Waals surface area contributed by atoms with E-state index in [2.05, 4.69) is 10.3 Å². The Balaban J connectivity index is 2.37. The molecule has 1 heterocycles. The van der Waals surface area contributed by atoms with Gasteiger partial charge in [-0.05, 0) is 18.1 Å². The third kappa shape index (κ3) is 2.00. The van der Waals surface area contributed by atoms with Gasteiger partial charge in [0.25, 0.3) is 5.91 Å². The zero-order chi connectivity index (χ0) is 11.5. The summed E-state index contributed by atoms with van der Waals surface area (Å²) >= 11 is 0. The molecule has 0 saturated heterocycles. The Hall–Kier alpha value is -1.97. The highest BCUT2D eigenvalue weighted by Gasteiger charge is 2.08. The number of nitrogens with zero attached hydrogens (tertiary/aromatic N) is 3. The van der Waals surface area contributed by atoms with E-state index >= 15 is 0 Å². The van der Waals surface area contributed by atoms with Gasteiger partial charge >= 0.3 is 0 Å². The van der Waals surface area contributed by atoms with Gasteiger partial charge in [-0.25, -0.2) is 0 Å². The van der Waals surface area contributed by atoms with Gasteiger partial charge in [0, 0.05) is 6.08 Å². The van der Waals surface area contributed by atoms with Crippen LogP contribution in [0.4, 0.5) is 0 Å². The van der Waals surface area contributed by atoms with E-state index in [1.807, 2.05) is 44.2 Å². The number of carbonyl (C=O) groups is 1. The molecule has 16 heavy (non-hydrogen) atoms. The lowest BCUT2D eigenvalue weighted by Crippen LogP contribution is -2.09. The summed E-state index contributed by atoms with van der Waals surface area (Å²) in [7, 11) is 0. The minimum atomic E-state index is -0.164. The predicted octanol–water partition coefficient (Wildman–Crippen LogP) is 2.28. The van der Waals surface area contributed by atoms with Gasteiger partial charge in [0.05, 0.1) is 5.52 Å². The van der Waals surface area contributed by atoms with Crippen molar-refractivity contribution in [3.05, 3.63) is 36.4 Å². The molecule has 0 aliphatic heterocycles. The van der Waals surface area contributed by atoms with Crippen LogP contribution < -0.4 is 0 Å². The van der Waals surface area contributed by atoms with Crippen LogP contribution in [0.1, 0.15) is 18.6 Å². The van der Waals surface area contributed by atoms with E-state index in [-0.39, 0.29) is 5.91 Å². The molecule has 1 aromatic heterocycles. The minimum Gasteiger partial charge on any atom is -0.267 e. The van der Waals surface area contributed by atoms with Crippen molar-refractivity contribution in [1.29, 1.82) is 0 Å². The lowest BCUT2D eigenvalue weighted by molar-refractivity contribution is 0.0956. The molecule has 0 bridgehead atoms. The lowest BCUT2D eigenvalue weighted by atomic mass is 10.2. The van der Waals surface area contributed by atoms with Gasteiger partial charge in [-0.3, -0.25) is 4.79 Å². The lowest BCUT2D eigenvalue weighted by Gasteiger charge is -1.96. The van der Waals surface area contributed by atoms with Crippen LogP contribution in [-0.4, -0.2) is 20.9 Å². The molecule has 0 atom stereocenters. The zero-order valence-electron chi connectivity index (χ0n) is 9.29. The van der Waals surface area contributed by atoms with Crippen molar-refractivity contribution < 1.29 is 4.79 Å². The van der Waals surface area contributed by atoms with Gasteiger partial charge in [0.2, 0.25) is 0 Å². The number of hydrogen-bond acceptors (Lipinski definition) is 3. The molecule has 1 aromatic carbocycles. The first-order chi connectivity index (χ1) is 7.68. The Morgan fingerprint density at radius 1 is 1.38 bits per heavy atom. The Labute approximate surface area is 93.6 Å². The van der Waals surface area contributed by atoms with Gasteiger partial charge in [-0.15, -0.1) is 5.10 Å². The van der Waals surface area contributed by atoms with Gasteiger partial charge in [-0.2, -0.15) is 4.68 Å². The summed E-state index contributed by atoms with van der Waals surface area (Å²) in [5.74, 6) is 0.182. The van der Waals surface area contributed by atoms with Crippen LogP contribution in [0.15, 0.2) is 36.4 Å². The fraction of sp³-hybridized carbons (Fsp3) is 0.250. The van der Waals surface area contributed by atoms with Crippen LogP contribution >= 0.6 is 0 Å². The van der Waals surface area contributed by atoms with Crippen molar-refractivity contribution in [2.24, 2.45) is 5.92 Å². The van der Waals surface area contributed by atoms with E-state index in [9.17, 15) is 4.79 Å². The summed E-state index contributed by atoms with van der Waals surface area (Å²) in [5, 5.41) is 7.76. The summed E-state index contributed by atoms with van der Waals surface area (Å²) in [5.41, 5.74) is 1.47. The molecule has 0 saturated carbocycles. The highest BCUT2D eigenvalue weighted by Crippen LogP contribution is 2.09. The topological polar surface area (TPSA) is 47.8 Å². The molecule has 2 aromatic rings. The third-order valence-electron chi connectivity index (χ3n) is 2.18. The standard InChI is InChI=1S/C12H13N3O/c1-9(2)7-8-12(16)15-11-6-4-3-5-10(11)13-14-15/h3-9H,1-2H3/b8-7+. The predicted molar refractivity (Wildman–Crippen MR) is 62.1 cm³/mol. The second kappa shape index (κ2) is 4.26. The van der Waals surface area contributed by atoms with Crippen molar-refractivity contribution >= 4 is 16.9 Å². The summed E-state index contributed by atoms with van der Waals surface area (Å²) < 4.78 is 1.31. The van der Waals surface area contributed by atoms with Crippen LogP contribution in [0.5, 0.6) is 0 Å². The normalized spacial score (nSPS) is 11.7. The quantitative estimate of drug-likeness (QED) is 0.722. The fourth-order valence-corrected chi connectivity index (χ4v) is 1.38. The first-order valence-electron chi connectivity index (χ1n) is 5.21. The maximum absolute atomic E-state index is 11.8. The highest BCUT2D eigenvalue weighted by atomic mass is 16.2. The van der Waals surface area contributed by atoms with Crippen LogP contribution in [0.25, 0.3) is 11.0 Å². The molecule has 0 unspecified atom stereocenters. The first kappa shape index (κ1) is 10.5. The second-order valence-electron chi connectivity index (χ2n) is 3.93. The van der Waals surface area contributed by atoms with Gasteiger partial charge in [0.1, 0.15) is 5.52 Å². The minimum absolute atomic E-state index is 0.164. The molecular weight excluding hydrogens is 202 g/mol. The average Bonchev–Trinajstić information content (AvgIpc) is 2.69. The molecule has 0 aliphatic rings. The Morgan fingerprint density at radius 3 is 2.88 bits per heavy atom. The van der Waals surface area contributed by atoms with Crippen molar-refractivity contribution in [1.82, 2.24) is 15.0 Å². The first-order valence-corrected chi connectivity index (χ1v) is 5.21. The average molecular weight is 215 g/mol. The van der Waals surface area contributed by atoms with Gasteiger partial charge in [-0.1, -0.05) is 37.3 Å². The molecule has 0 amide bonds. The molecule has 4 heteroatoms. The number of fused-ring (bicyclic) bond motifs is 1. The maximum atomic E-state index is 11.8. The van der Waals surface area contributed by atoms with E-state index in [1.54, 1.807) is 0 Å². The SMILES string of the molecule is CC(C)/C=C/C(=O)n1nnc2ccccc21. The van der Waals surface area contributed by atoms with Crippen molar-refractivity contribution in [2.75, 3.05) is 0 Å². The number of hydrogen-bond donors (Lipinski definition) is 0. The van der Waals surface area contributed by atoms with E-state index in [0.717, 1.165) is 11.0 Å². The van der Waals surface area contributed by atoms with E-state index < -0.39 is 0 Å². The molecule has 0 N–H and O–H groups in total. The Kier molecular flexibility index (Phi) is 2.81. The van der Waals surface area contributed by atoms with Crippen LogP contribution in [-0.2, 0) is 0 Å². The van der Waals surface area contributed by atoms with Crippen molar-refractivity contribution in [2.45, 2.75) is 13.8 Å². The second-order valence-corrected chi connectivity index (χ2v) is 3.93. The summed E-state index contributed by atoms with van der Waals surface area (Å²) in [6.45, 7) is 4.03. The summed E-state index contributed by atoms with van der Waals surface area (Å²) in [6.07, 6.45) is 3.38. The molecule has 0 radical (unpaired) electrons. The Morgan fingerprint density at radius 2 is 2.12 bits per heavy atom. The molecular formula is C12H13N3O. The third-order valence-corrected chi connectivity index (χ3v) is 2.18. The molecule has 0 aliphatic carbocycles. The van der Waals surface area contributed by atoms with E-state index in [1.165, 1.54) is 10.8 Å². The Bertz CT molecular complexity index is 540. The van der Waals surface area contributed by atoms with E-state index in [0.29, 0.717) is 5.92 Å². The van der Waals surface area contributed by atoms with Crippen molar-refractivity contribution in [3.63, 3.8) is 0 Å². The highest BCUT2D eigenvalue weighted by molar-refractivity contribution is 5.95.